The van der Waals surface area contributed by atoms with E-state index in [4.69, 9.17) is 21.9 Å². The fourth-order valence-corrected chi connectivity index (χ4v) is 2.59. The van der Waals surface area contributed by atoms with Gasteiger partial charge in [-0.15, -0.1) is 0 Å². The Kier molecular flexibility index (Phi) is 4.46. The molecule has 0 saturated carbocycles. The third-order valence-electron chi connectivity index (χ3n) is 2.22. The lowest BCUT2D eigenvalue weighted by Crippen LogP contribution is -2.02. The Morgan fingerprint density at radius 2 is 2.00 bits per heavy atom. The molecule has 0 radical (unpaired) electrons. The molecule has 0 bridgehead atoms. The molecule has 5 nitrogen and oxygen atoms in total. The van der Waals surface area contributed by atoms with E-state index in [-0.39, 0.29) is 12.3 Å². The molecule has 1 unspecified atom stereocenters. The molecule has 1 atom stereocenters. The van der Waals surface area contributed by atoms with Crippen LogP contribution in [-0.2, 0) is 28.9 Å². The van der Waals surface area contributed by atoms with Gasteiger partial charge in [0, 0.05) is 21.6 Å². The molecule has 0 aliphatic heterocycles. The van der Waals surface area contributed by atoms with Crippen molar-refractivity contribution >= 4 is 22.4 Å². The van der Waals surface area contributed by atoms with Gasteiger partial charge in [0.05, 0.1) is 12.3 Å². The molecule has 0 saturated heterocycles. The highest BCUT2D eigenvalue weighted by molar-refractivity contribution is 7.83. The van der Waals surface area contributed by atoms with Gasteiger partial charge in [-0.25, -0.2) is 0 Å². The summed E-state index contributed by atoms with van der Waals surface area (Å²) in [6, 6.07) is 7.24. The van der Waals surface area contributed by atoms with Gasteiger partial charge in [0.1, 0.15) is 0 Å². The van der Waals surface area contributed by atoms with Crippen LogP contribution in [0, 0.1) is 0 Å². The minimum absolute atomic E-state index is 0.191. The van der Waals surface area contributed by atoms with E-state index in [1.807, 2.05) is 12.1 Å². The number of hydrogen-bond acceptors (Lipinski definition) is 5. The highest BCUT2D eigenvalue weighted by Crippen LogP contribution is 2.12. The van der Waals surface area contributed by atoms with Crippen molar-refractivity contribution in [2.24, 2.45) is 5.73 Å². The van der Waals surface area contributed by atoms with Crippen LogP contribution in [0.5, 0.6) is 0 Å². The van der Waals surface area contributed by atoms with Gasteiger partial charge in [0.25, 0.3) is 0 Å². The minimum atomic E-state index is -1.09. The summed E-state index contributed by atoms with van der Waals surface area (Å²) in [4.78, 5) is 4.01. The number of nitrogens with zero attached hydrogens (tertiary/aromatic N) is 2. The van der Waals surface area contributed by atoms with E-state index in [0.29, 0.717) is 22.5 Å². The Balaban J connectivity index is 1.94. The number of aromatic nitrogens is 2. The summed E-state index contributed by atoms with van der Waals surface area (Å²) in [7, 11) is -1.09. The molecule has 1 heterocycles. The van der Waals surface area contributed by atoms with Crippen molar-refractivity contribution in [3.63, 3.8) is 0 Å². The van der Waals surface area contributed by atoms with Crippen LogP contribution in [0.3, 0.4) is 0 Å². The zero-order chi connectivity index (χ0) is 13.0. The Hall–Kier alpha value is -1.24. The van der Waals surface area contributed by atoms with Crippen LogP contribution >= 0.6 is 11.6 Å². The van der Waals surface area contributed by atoms with Crippen molar-refractivity contribution in [2.75, 3.05) is 0 Å². The standard InChI is InChI=1S/C11H12ClN3O2S/c12-9-3-1-8(2-4-9)6-18(16)7-10-14-11(5-13)17-15-10/h1-4H,5-7,13H2. The Bertz CT molecular complexity index is 541. The lowest BCUT2D eigenvalue weighted by Gasteiger charge is -2.00. The van der Waals surface area contributed by atoms with Crippen molar-refractivity contribution in [2.45, 2.75) is 18.1 Å². The lowest BCUT2D eigenvalue weighted by atomic mass is 10.2. The Morgan fingerprint density at radius 3 is 2.61 bits per heavy atom. The molecule has 2 rings (SSSR count). The Labute approximate surface area is 112 Å². The molecule has 96 valence electrons. The van der Waals surface area contributed by atoms with E-state index in [1.165, 1.54) is 0 Å². The summed E-state index contributed by atoms with van der Waals surface area (Å²) >= 11 is 5.78. The predicted octanol–water partition coefficient (Wildman–Crippen LogP) is 1.63. The van der Waals surface area contributed by atoms with Crippen LogP contribution in [0.2, 0.25) is 5.02 Å². The fourth-order valence-electron chi connectivity index (χ4n) is 1.39. The maximum Gasteiger partial charge on any atom is 0.240 e. The number of benzene rings is 1. The van der Waals surface area contributed by atoms with Crippen molar-refractivity contribution in [3.05, 3.63) is 46.6 Å². The first kappa shape index (κ1) is 13.2. The van der Waals surface area contributed by atoms with Gasteiger partial charge in [-0.2, -0.15) is 4.98 Å². The lowest BCUT2D eigenvalue weighted by molar-refractivity contribution is 0.376. The molecule has 1 aromatic carbocycles. The van der Waals surface area contributed by atoms with Crippen molar-refractivity contribution < 1.29 is 8.73 Å². The second-order valence-corrected chi connectivity index (χ2v) is 5.56. The van der Waals surface area contributed by atoms with Crippen LogP contribution in [0.4, 0.5) is 0 Å². The first-order valence-electron chi connectivity index (χ1n) is 5.28. The van der Waals surface area contributed by atoms with Crippen LogP contribution in [-0.4, -0.2) is 14.3 Å². The SMILES string of the molecule is NCc1nc(CS(=O)Cc2ccc(Cl)cc2)no1. The quantitative estimate of drug-likeness (QED) is 0.903. The van der Waals surface area contributed by atoms with Crippen molar-refractivity contribution in [1.29, 1.82) is 0 Å². The van der Waals surface area contributed by atoms with Gasteiger partial charge >= 0.3 is 0 Å². The average molecular weight is 286 g/mol. The monoisotopic (exact) mass is 285 g/mol. The molecule has 2 aromatic rings. The summed E-state index contributed by atoms with van der Waals surface area (Å²) in [5, 5.41) is 4.36. The Morgan fingerprint density at radius 1 is 1.28 bits per heavy atom. The molecule has 0 fully saturated rings. The smallest absolute Gasteiger partial charge is 0.240 e. The molecule has 0 amide bonds. The third kappa shape index (κ3) is 3.63. The van der Waals surface area contributed by atoms with E-state index < -0.39 is 10.8 Å². The first-order chi connectivity index (χ1) is 8.67. The third-order valence-corrected chi connectivity index (χ3v) is 3.70. The van der Waals surface area contributed by atoms with E-state index in [2.05, 4.69) is 10.1 Å². The minimum Gasteiger partial charge on any atom is -0.338 e. The van der Waals surface area contributed by atoms with Gasteiger partial charge in [0.2, 0.25) is 5.89 Å². The predicted molar refractivity (Wildman–Crippen MR) is 69.2 cm³/mol. The van der Waals surface area contributed by atoms with Crippen LogP contribution in [0.25, 0.3) is 0 Å². The summed E-state index contributed by atoms with van der Waals surface area (Å²) in [5.74, 6) is 1.46. The van der Waals surface area contributed by atoms with Crippen molar-refractivity contribution in [3.8, 4) is 0 Å². The van der Waals surface area contributed by atoms with Crippen LogP contribution in [0.1, 0.15) is 17.3 Å². The average Bonchev–Trinajstić information content (AvgIpc) is 2.79. The molecular weight excluding hydrogens is 274 g/mol. The molecule has 1 aromatic heterocycles. The summed E-state index contributed by atoms with van der Waals surface area (Å²) in [6.45, 7) is 0.191. The summed E-state index contributed by atoms with van der Waals surface area (Å²) in [6.07, 6.45) is 0. The number of hydrogen-bond donors (Lipinski definition) is 1. The number of nitrogens with two attached hydrogens (primary N) is 1. The van der Waals surface area contributed by atoms with Gasteiger partial charge in [-0.3, -0.25) is 4.21 Å². The second-order valence-electron chi connectivity index (χ2n) is 3.66. The largest absolute Gasteiger partial charge is 0.338 e. The fraction of sp³-hybridized carbons (Fsp3) is 0.273. The number of halogens is 1. The second kappa shape index (κ2) is 6.08. The molecule has 2 N–H and O–H groups in total. The zero-order valence-electron chi connectivity index (χ0n) is 9.51. The molecule has 0 spiro atoms. The summed E-state index contributed by atoms with van der Waals surface area (Å²) < 4.78 is 16.7. The highest BCUT2D eigenvalue weighted by Gasteiger charge is 2.09. The van der Waals surface area contributed by atoms with Crippen LogP contribution in [0.15, 0.2) is 28.8 Å². The maximum absolute atomic E-state index is 11.9. The maximum atomic E-state index is 11.9. The normalized spacial score (nSPS) is 12.6. The van der Waals surface area contributed by atoms with Gasteiger partial charge in [0.15, 0.2) is 5.82 Å². The first-order valence-corrected chi connectivity index (χ1v) is 7.15. The zero-order valence-corrected chi connectivity index (χ0v) is 11.1. The molecule has 0 aliphatic rings. The topological polar surface area (TPSA) is 82.0 Å². The summed E-state index contributed by atoms with van der Waals surface area (Å²) in [5.41, 5.74) is 6.31. The highest BCUT2D eigenvalue weighted by atomic mass is 35.5. The molecule has 18 heavy (non-hydrogen) atoms. The van der Waals surface area contributed by atoms with E-state index in [1.54, 1.807) is 12.1 Å². The van der Waals surface area contributed by atoms with E-state index >= 15 is 0 Å². The van der Waals surface area contributed by atoms with Gasteiger partial charge in [-0.05, 0) is 17.7 Å². The molecular formula is C11H12ClN3O2S. The van der Waals surface area contributed by atoms with E-state index in [0.717, 1.165) is 5.56 Å². The van der Waals surface area contributed by atoms with Gasteiger partial charge < -0.3 is 10.3 Å². The van der Waals surface area contributed by atoms with Crippen molar-refractivity contribution in [1.82, 2.24) is 10.1 Å². The molecule has 7 heteroatoms. The van der Waals surface area contributed by atoms with Crippen LogP contribution < -0.4 is 5.73 Å². The van der Waals surface area contributed by atoms with Gasteiger partial charge in [-0.1, -0.05) is 28.9 Å². The number of rotatable bonds is 5. The molecule has 0 aliphatic carbocycles. The van der Waals surface area contributed by atoms with E-state index in [9.17, 15) is 4.21 Å².